The summed E-state index contributed by atoms with van der Waals surface area (Å²) in [7, 11) is 0. The van der Waals surface area contributed by atoms with E-state index in [-0.39, 0.29) is 24.7 Å². The highest BCUT2D eigenvalue weighted by atomic mass is 16.8. The quantitative estimate of drug-likeness (QED) is 0.0302. The summed E-state index contributed by atoms with van der Waals surface area (Å²) >= 11 is 0. The topological polar surface area (TPSA) is 501 Å². The van der Waals surface area contributed by atoms with Gasteiger partial charge in [0.25, 0.3) is 0 Å². The van der Waals surface area contributed by atoms with Gasteiger partial charge in [-0.2, -0.15) is 0 Å². The molecule has 0 amide bonds. The number of hydrogen-bond acceptors (Lipinski definition) is 32. The van der Waals surface area contributed by atoms with Crippen molar-refractivity contribution >= 4 is 23.9 Å². The molecule has 37 atom stereocenters. The minimum Gasteiger partial charge on any atom is -0.479 e. The van der Waals surface area contributed by atoms with Crippen LogP contribution >= 0.6 is 0 Å². The maximum atomic E-state index is 13.7. The average Bonchev–Trinajstić information content (AvgIpc) is 1.53. The lowest BCUT2D eigenvalue weighted by molar-refractivity contribution is -0.411. The van der Waals surface area contributed by atoms with Crippen LogP contribution < -0.4 is 0 Å². The second kappa shape index (κ2) is 28.6. The molecule has 6 saturated heterocycles. The van der Waals surface area contributed by atoms with Gasteiger partial charge in [-0.3, -0.25) is 9.59 Å². The first-order chi connectivity index (χ1) is 47.2. The van der Waals surface area contributed by atoms with Crippen LogP contribution in [0.25, 0.3) is 0 Å². The third-order valence-corrected chi connectivity index (χ3v) is 26.0. The van der Waals surface area contributed by atoms with Gasteiger partial charge in [0.05, 0.1) is 37.6 Å². The van der Waals surface area contributed by atoms with E-state index in [0.717, 1.165) is 0 Å². The number of carbonyl (C=O) groups excluding carboxylic acids is 3. The highest BCUT2D eigenvalue weighted by Gasteiger charge is 2.86. The minimum atomic E-state index is -2.38. The van der Waals surface area contributed by atoms with Crippen LogP contribution in [0.2, 0.25) is 0 Å². The molecule has 11 fully saturated rings. The Balaban J connectivity index is 0.925. The number of esters is 3. The summed E-state index contributed by atoms with van der Waals surface area (Å²) in [6.45, 7) is 19.0. The number of carbonyl (C=O) groups is 4. The monoisotopic (exact) mass is 1450 g/mol. The Labute approximate surface area is 584 Å². The Bertz CT molecular complexity index is 3030. The summed E-state index contributed by atoms with van der Waals surface area (Å²) < 4.78 is 87.8. The molecule has 0 radical (unpaired) electrons. The van der Waals surface area contributed by atoms with Gasteiger partial charge in [-0.1, -0.05) is 54.5 Å². The summed E-state index contributed by atoms with van der Waals surface area (Å²) in [4.78, 5) is 54.2. The van der Waals surface area contributed by atoms with Gasteiger partial charge in [0.1, 0.15) is 121 Å². The van der Waals surface area contributed by atoms with Crippen molar-refractivity contribution in [2.75, 3.05) is 19.8 Å². The second-order valence-corrected chi connectivity index (χ2v) is 32.2. The third-order valence-electron chi connectivity index (χ3n) is 26.0. The van der Waals surface area contributed by atoms with Crippen LogP contribution in [-0.4, -0.2) is 304 Å². The predicted molar refractivity (Wildman–Crippen MR) is 334 cm³/mol. The van der Waals surface area contributed by atoms with Gasteiger partial charge in [0.15, 0.2) is 49.9 Å². The zero-order valence-electron chi connectivity index (χ0n) is 58.9. The summed E-state index contributed by atoms with van der Waals surface area (Å²) in [5.41, 5.74) is -6.37. The molecule has 101 heavy (non-hydrogen) atoms. The molecule has 15 N–H and O–H groups in total. The lowest BCUT2D eigenvalue weighted by Crippen LogP contribution is -2.77. The number of aliphatic carboxylic acids is 1. The van der Waals surface area contributed by atoms with Crippen molar-refractivity contribution in [3.05, 3.63) is 11.6 Å². The number of aliphatic hydroxyl groups excluding tert-OH is 14. The van der Waals surface area contributed by atoms with Crippen LogP contribution in [0.15, 0.2) is 11.6 Å². The molecule has 6 aliphatic heterocycles. The smallest absolute Gasteiger partial charge is 0.335 e. The fourth-order valence-corrected chi connectivity index (χ4v) is 20.5. The molecule has 11 aliphatic rings. The number of fused-ring (bicyclic) bond motifs is 4. The molecule has 1 spiro atoms. The number of allylic oxidation sites excluding steroid dienone is 1. The molecule has 33 heteroatoms. The van der Waals surface area contributed by atoms with Crippen molar-refractivity contribution < 1.29 is 162 Å². The fourth-order valence-electron chi connectivity index (χ4n) is 20.5. The highest BCUT2D eigenvalue weighted by Crippen LogP contribution is 2.82. The van der Waals surface area contributed by atoms with E-state index in [9.17, 15) is 95.8 Å². The van der Waals surface area contributed by atoms with E-state index < -0.39 is 266 Å². The maximum Gasteiger partial charge on any atom is 0.335 e. The molecule has 5 saturated carbocycles. The van der Waals surface area contributed by atoms with Crippen LogP contribution in [0.4, 0.5) is 0 Å². The first-order valence-corrected chi connectivity index (χ1v) is 35.2. The summed E-state index contributed by atoms with van der Waals surface area (Å²) in [5.74, 6) is -4.78. The lowest BCUT2D eigenvalue weighted by atomic mass is 9.30. The molecule has 0 aromatic rings. The van der Waals surface area contributed by atoms with E-state index in [1.165, 1.54) is 20.8 Å². The molecule has 11 rings (SSSR count). The van der Waals surface area contributed by atoms with E-state index in [2.05, 4.69) is 20.8 Å². The molecular formula is C68H106O33. The van der Waals surface area contributed by atoms with Crippen molar-refractivity contribution in [1.29, 1.82) is 0 Å². The predicted octanol–water partition coefficient (Wildman–Crippen LogP) is -2.85. The second-order valence-electron chi connectivity index (χ2n) is 32.2. The lowest BCUT2D eigenvalue weighted by Gasteiger charge is -2.75. The van der Waals surface area contributed by atoms with Crippen LogP contribution in [0, 0.1) is 50.2 Å². The fraction of sp³-hybridized carbons (Fsp3) is 0.912. The molecule has 6 heterocycles. The number of rotatable bonds is 17. The van der Waals surface area contributed by atoms with Crippen molar-refractivity contribution in [3.8, 4) is 0 Å². The van der Waals surface area contributed by atoms with Gasteiger partial charge < -0.3 is 143 Å². The molecule has 576 valence electrons. The van der Waals surface area contributed by atoms with Crippen LogP contribution in [0.5, 0.6) is 0 Å². The Morgan fingerprint density at radius 1 is 0.515 bits per heavy atom. The van der Waals surface area contributed by atoms with Crippen molar-refractivity contribution in [3.63, 3.8) is 0 Å². The first kappa shape index (κ1) is 78.7. The number of aliphatic hydroxyl groups is 14. The van der Waals surface area contributed by atoms with Gasteiger partial charge >= 0.3 is 23.9 Å². The zero-order chi connectivity index (χ0) is 74.2. The Kier molecular flexibility index (Phi) is 22.3. The molecule has 0 aromatic heterocycles. The van der Waals surface area contributed by atoms with Crippen molar-refractivity contribution in [2.45, 2.75) is 318 Å². The number of ether oxygens (including phenoxy) is 14. The minimum absolute atomic E-state index is 0.124. The number of carboxylic acids is 1. The van der Waals surface area contributed by atoms with Gasteiger partial charge in [0.2, 0.25) is 0 Å². The van der Waals surface area contributed by atoms with Crippen molar-refractivity contribution in [2.24, 2.45) is 50.2 Å². The zero-order valence-corrected chi connectivity index (χ0v) is 58.9. The normalized spacial score (nSPS) is 52.4. The molecule has 37 unspecified atom stereocenters. The summed E-state index contributed by atoms with van der Waals surface area (Å²) in [5, 5.41) is 168. The van der Waals surface area contributed by atoms with Crippen LogP contribution in [0.3, 0.4) is 0 Å². The molecule has 2 bridgehead atoms. The molecule has 5 aliphatic carbocycles. The number of carboxylic acid groups (broad SMARTS) is 1. The van der Waals surface area contributed by atoms with E-state index in [1.54, 1.807) is 19.9 Å². The van der Waals surface area contributed by atoms with E-state index in [4.69, 9.17) is 66.3 Å². The van der Waals surface area contributed by atoms with E-state index >= 15 is 0 Å². The molecule has 0 aromatic carbocycles. The standard InChI is InChI=1S/C68H106O33/c1-13-25(2)55(86)100-52-53(91-28(5)72)68-34(20-62(52,6)7)67(101-61(68)87)19-15-33-64(10)17-16-35(63(8,9)32(64)14-18-65(33,11)66(67,12)21-36(68)90-27(4)71)94-60-51(99-57-45(82)41(78)39(76)30(22-69)92-57)47(46(83)48(96-60)54(84)85)95-59-50(43(80)40(77)31(23-70)93-59)98-58-49(42(79)37(74)26(3)89-58)97-56-44(81)38(75)29(73)24-88-56/h13,26,29-53,56-61,69-70,73-83,87H,14-24H2,1-12H3,(H,84,85)/b25-13-. The summed E-state index contributed by atoms with van der Waals surface area (Å²) in [6, 6.07) is 0. The Hall–Kier alpha value is -3.38. The SMILES string of the molecule is C/C=C(/C)C(=O)OC1C(OC(C)=O)C23C(O)OC4(CCC5C6(C)CCC(OC7OC(C(=O)O)C(O)C(OC8OC(CO)C(O)C(O)C8OC8OC(C)C(O)C(O)C8OC8OCC(O)C(O)C8O)C7OC7OC(CO)C(O)C(O)C7O)C(C)(C)C6CCC5(C)C4(C)CC2OC(C)=O)C3CC1(C)C. The summed E-state index contributed by atoms with van der Waals surface area (Å²) in [6.07, 6.45) is -48.5. The molecule has 33 nitrogen and oxygen atoms in total. The van der Waals surface area contributed by atoms with Gasteiger partial charge in [-0.15, -0.1) is 0 Å². The largest absolute Gasteiger partial charge is 0.479 e. The molecular weight excluding hydrogens is 1340 g/mol. The van der Waals surface area contributed by atoms with Gasteiger partial charge in [-0.05, 0) is 100 Å². The van der Waals surface area contributed by atoms with Gasteiger partial charge in [0, 0.05) is 36.2 Å². The van der Waals surface area contributed by atoms with Crippen LogP contribution in [-0.2, 0) is 85.5 Å². The average molecular weight is 1450 g/mol. The van der Waals surface area contributed by atoms with E-state index in [1.807, 2.05) is 27.7 Å². The first-order valence-electron chi connectivity index (χ1n) is 35.2. The Morgan fingerprint density at radius 3 is 1.68 bits per heavy atom. The number of hydrogen-bond donors (Lipinski definition) is 15. The van der Waals surface area contributed by atoms with E-state index in [0.29, 0.717) is 44.1 Å². The van der Waals surface area contributed by atoms with Gasteiger partial charge in [-0.25, -0.2) is 9.59 Å². The van der Waals surface area contributed by atoms with Crippen LogP contribution in [0.1, 0.15) is 134 Å². The third kappa shape index (κ3) is 12.7. The maximum absolute atomic E-state index is 13.7. The Morgan fingerprint density at radius 2 is 1.07 bits per heavy atom. The van der Waals surface area contributed by atoms with Crippen molar-refractivity contribution in [1.82, 2.24) is 0 Å². The highest BCUT2D eigenvalue weighted by molar-refractivity contribution is 5.87.